The third kappa shape index (κ3) is 3.10. The molecule has 1 aromatic rings. The molecule has 0 spiro atoms. The molecule has 1 N–H and O–H groups in total. The van der Waals surface area contributed by atoms with Crippen LogP contribution in [0.3, 0.4) is 0 Å². The van der Waals surface area contributed by atoms with Gasteiger partial charge in [-0.3, -0.25) is 0 Å². The van der Waals surface area contributed by atoms with Gasteiger partial charge in [0.05, 0.1) is 0 Å². The highest BCUT2D eigenvalue weighted by molar-refractivity contribution is 8.00. The molecule has 0 saturated heterocycles. The van der Waals surface area contributed by atoms with Gasteiger partial charge in [-0.25, -0.2) is 0 Å². The van der Waals surface area contributed by atoms with Crippen LogP contribution in [0.25, 0.3) is 0 Å². The zero-order valence-electron chi connectivity index (χ0n) is 11.8. The van der Waals surface area contributed by atoms with E-state index in [1.807, 2.05) is 11.8 Å². The van der Waals surface area contributed by atoms with Gasteiger partial charge < -0.3 is 5.32 Å². The molecule has 18 heavy (non-hydrogen) atoms. The SMILES string of the molecule is CSC1(CNC(c2ccccc2)C(C)C)CCC1. The van der Waals surface area contributed by atoms with Crippen molar-refractivity contribution in [3.63, 3.8) is 0 Å². The monoisotopic (exact) mass is 263 g/mol. The highest BCUT2D eigenvalue weighted by Gasteiger charge is 2.36. The van der Waals surface area contributed by atoms with E-state index >= 15 is 0 Å². The lowest BCUT2D eigenvalue weighted by Crippen LogP contribution is -2.45. The van der Waals surface area contributed by atoms with Crippen molar-refractivity contribution in [1.82, 2.24) is 5.32 Å². The first-order valence-corrected chi connectivity index (χ1v) is 8.23. The van der Waals surface area contributed by atoms with Gasteiger partial charge in [0.1, 0.15) is 0 Å². The maximum Gasteiger partial charge on any atom is 0.0343 e. The third-order valence-corrected chi connectivity index (χ3v) is 5.59. The summed E-state index contributed by atoms with van der Waals surface area (Å²) in [5.74, 6) is 0.631. The zero-order chi connectivity index (χ0) is 13.0. The minimum absolute atomic E-state index is 0.482. The molecule has 1 aliphatic rings. The van der Waals surface area contributed by atoms with Crippen LogP contribution >= 0.6 is 11.8 Å². The van der Waals surface area contributed by atoms with Crippen LogP contribution in [0.5, 0.6) is 0 Å². The van der Waals surface area contributed by atoms with Gasteiger partial charge in [-0.15, -0.1) is 0 Å². The summed E-state index contributed by atoms with van der Waals surface area (Å²) in [7, 11) is 0. The van der Waals surface area contributed by atoms with Crippen molar-refractivity contribution in [1.29, 1.82) is 0 Å². The normalized spacial score (nSPS) is 19.6. The highest BCUT2D eigenvalue weighted by atomic mass is 32.2. The van der Waals surface area contributed by atoms with Gasteiger partial charge in [-0.2, -0.15) is 11.8 Å². The summed E-state index contributed by atoms with van der Waals surface area (Å²) in [6, 6.07) is 11.3. The van der Waals surface area contributed by atoms with Crippen LogP contribution in [0.2, 0.25) is 0 Å². The Kier molecular flexibility index (Phi) is 4.74. The molecule has 0 radical (unpaired) electrons. The first-order chi connectivity index (χ1) is 8.67. The quantitative estimate of drug-likeness (QED) is 0.823. The van der Waals surface area contributed by atoms with E-state index in [1.54, 1.807) is 0 Å². The molecule has 1 aliphatic carbocycles. The van der Waals surface area contributed by atoms with Crippen LogP contribution in [0.15, 0.2) is 30.3 Å². The van der Waals surface area contributed by atoms with E-state index in [0.29, 0.717) is 16.7 Å². The van der Waals surface area contributed by atoms with E-state index in [1.165, 1.54) is 24.8 Å². The van der Waals surface area contributed by atoms with Gasteiger partial charge in [-0.05, 0) is 30.6 Å². The molecule has 0 aliphatic heterocycles. The topological polar surface area (TPSA) is 12.0 Å². The highest BCUT2D eigenvalue weighted by Crippen LogP contribution is 2.42. The average Bonchev–Trinajstić information content (AvgIpc) is 2.33. The van der Waals surface area contributed by atoms with Crippen LogP contribution in [0.4, 0.5) is 0 Å². The Labute approximate surface area is 116 Å². The Morgan fingerprint density at radius 3 is 2.33 bits per heavy atom. The maximum absolute atomic E-state index is 3.81. The van der Waals surface area contributed by atoms with Crippen molar-refractivity contribution in [2.75, 3.05) is 12.8 Å². The molecule has 0 amide bonds. The molecule has 2 rings (SSSR count). The van der Waals surface area contributed by atoms with E-state index in [2.05, 4.69) is 55.8 Å². The first-order valence-electron chi connectivity index (χ1n) is 7.00. The van der Waals surface area contributed by atoms with Crippen molar-refractivity contribution in [3.05, 3.63) is 35.9 Å². The summed E-state index contributed by atoms with van der Waals surface area (Å²) in [6.07, 6.45) is 6.41. The molecular formula is C16H25NS. The summed E-state index contributed by atoms with van der Waals surface area (Å²) >= 11 is 2.05. The fraction of sp³-hybridized carbons (Fsp3) is 0.625. The summed E-state index contributed by atoms with van der Waals surface area (Å²) in [5, 5.41) is 3.81. The van der Waals surface area contributed by atoms with Crippen LogP contribution in [-0.2, 0) is 0 Å². The molecule has 1 atom stereocenters. The number of rotatable bonds is 6. The Morgan fingerprint density at radius 1 is 1.22 bits per heavy atom. The summed E-state index contributed by atoms with van der Waals surface area (Å²) in [6.45, 7) is 5.75. The lowest BCUT2D eigenvalue weighted by molar-refractivity contribution is 0.309. The predicted molar refractivity (Wildman–Crippen MR) is 82.1 cm³/mol. The fourth-order valence-electron chi connectivity index (χ4n) is 2.72. The van der Waals surface area contributed by atoms with Gasteiger partial charge in [-0.1, -0.05) is 50.6 Å². The van der Waals surface area contributed by atoms with E-state index in [-0.39, 0.29) is 0 Å². The zero-order valence-corrected chi connectivity index (χ0v) is 12.6. The average molecular weight is 263 g/mol. The number of benzene rings is 1. The smallest absolute Gasteiger partial charge is 0.0343 e. The minimum Gasteiger partial charge on any atom is -0.308 e. The van der Waals surface area contributed by atoms with Gasteiger partial charge in [0.15, 0.2) is 0 Å². The van der Waals surface area contributed by atoms with E-state index < -0.39 is 0 Å². The standard InChI is InChI=1S/C16H25NS/c1-13(2)15(14-8-5-4-6-9-14)17-12-16(18-3)10-7-11-16/h4-6,8-9,13,15,17H,7,10-12H2,1-3H3. The summed E-state index contributed by atoms with van der Waals surface area (Å²) < 4.78 is 0.516. The molecule has 2 heteroatoms. The first kappa shape index (κ1) is 14.0. The van der Waals surface area contributed by atoms with Crippen LogP contribution in [0.1, 0.15) is 44.7 Å². The van der Waals surface area contributed by atoms with Crippen molar-refractivity contribution < 1.29 is 0 Å². The van der Waals surface area contributed by atoms with E-state index in [0.717, 1.165) is 6.54 Å². The largest absolute Gasteiger partial charge is 0.308 e. The maximum atomic E-state index is 3.81. The number of thioether (sulfide) groups is 1. The molecule has 0 bridgehead atoms. The minimum atomic E-state index is 0.482. The second-order valence-corrected chi connectivity index (χ2v) is 7.03. The van der Waals surface area contributed by atoms with Crippen LogP contribution < -0.4 is 5.32 Å². The predicted octanol–water partition coefficient (Wildman–Crippen LogP) is 4.26. The Morgan fingerprint density at radius 2 is 1.89 bits per heavy atom. The van der Waals surface area contributed by atoms with E-state index in [4.69, 9.17) is 0 Å². The Hall–Kier alpha value is -0.470. The Balaban J connectivity index is 1.99. The lowest BCUT2D eigenvalue weighted by atomic mass is 9.83. The van der Waals surface area contributed by atoms with Crippen LogP contribution in [-0.4, -0.2) is 17.5 Å². The number of nitrogens with one attached hydrogen (secondary N) is 1. The molecule has 1 aromatic carbocycles. The second-order valence-electron chi connectivity index (χ2n) is 5.75. The van der Waals surface area contributed by atoms with Crippen molar-refractivity contribution in [2.24, 2.45) is 5.92 Å². The number of hydrogen-bond donors (Lipinski definition) is 1. The molecule has 0 aromatic heterocycles. The summed E-state index contributed by atoms with van der Waals surface area (Å²) in [5.41, 5.74) is 1.42. The number of hydrogen-bond acceptors (Lipinski definition) is 2. The van der Waals surface area contributed by atoms with Crippen molar-refractivity contribution in [3.8, 4) is 0 Å². The molecule has 0 heterocycles. The lowest BCUT2D eigenvalue weighted by Gasteiger charge is -2.42. The molecule has 1 saturated carbocycles. The van der Waals surface area contributed by atoms with Crippen molar-refractivity contribution >= 4 is 11.8 Å². The molecular weight excluding hydrogens is 238 g/mol. The third-order valence-electron chi connectivity index (χ3n) is 4.17. The molecule has 100 valence electrons. The van der Waals surface area contributed by atoms with Gasteiger partial charge in [0, 0.05) is 17.3 Å². The fourth-order valence-corrected chi connectivity index (χ4v) is 3.64. The molecule has 1 unspecified atom stereocenters. The Bertz CT molecular complexity index is 351. The molecule has 1 nitrogen and oxygen atoms in total. The van der Waals surface area contributed by atoms with Gasteiger partial charge in [0.2, 0.25) is 0 Å². The van der Waals surface area contributed by atoms with Crippen LogP contribution in [0, 0.1) is 5.92 Å². The summed E-state index contributed by atoms with van der Waals surface area (Å²) in [4.78, 5) is 0. The van der Waals surface area contributed by atoms with E-state index in [9.17, 15) is 0 Å². The van der Waals surface area contributed by atoms with Gasteiger partial charge >= 0.3 is 0 Å². The van der Waals surface area contributed by atoms with Gasteiger partial charge in [0.25, 0.3) is 0 Å². The second kappa shape index (κ2) is 6.12. The molecule has 1 fully saturated rings. The van der Waals surface area contributed by atoms with Crippen molar-refractivity contribution in [2.45, 2.75) is 43.9 Å².